The van der Waals surface area contributed by atoms with Crippen LogP contribution < -0.4 is 10.2 Å². The Bertz CT molecular complexity index is 569. The molecule has 0 aliphatic heterocycles. The van der Waals surface area contributed by atoms with Gasteiger partial charge < -0.3 is 10.2 Å². The number of nitrogens with one attached hydrogen (secondary N) is 1. The van der Waals surface area contributed by atoms with Crippen molar-refractivity contribution in [2.75, 3.05) is 19.0 Å². The molecule has 0 spiro atoms. The maximum Gasteiger partial charge on any atom is 0.0426 e. The quantitative estimate of drug-likeness (QED) is 0.854. The fourth-order valence-electron chi connectivity index (χ4n) is 2.18. The molecule has 0 atom stereocenters. The zero-order chi connectivity index (χ0) is 14.5. The molecule has 0 aliphatic carbocycles. The van der Waals surface area contributed by atoms with Crippen molar-refractivity contribution >= 4 is 33.2 Å². The second kappa shape index (κ2) is 7.11. The van der Waals surface area contributed by atoms with Crippen molar-refractivity contribution in [1.82, 2.24) is 5.32 Å². The monoisotopic (exact) mass is 352 g/mol. The fraction of sp³-hybridized carbons (Fsp3) is 0.250. The fourth-order valence-corrected chi connectivity index (χ4v) is 2.66. The van der Waals surface area contributed by atoms with Crippen LogP contribution in [0, 0.1) is 0 Å². The van der Waals surface area contributed by atoms with Crippen molar-refractivity contribution in [3.05, 3.63) is 63.1 Å². The third-order valence-corrected chi connectivity index (χ3v) is 3.90. The summed E-state index contributed by atoms with van der Waals surface area (Å²) >= 11 is 9.47. The van der Waals surface area contributed by atoms with E-state index < -0.39 is 0 Å². The first-order valence-corrected chi connectivity index (χ1v) is 7.66. The molecule has 0 saturated carbocycles. The highest BCUT2D eigenvalue weighted by Crippen LogP contribution is 2.26. The second-order valence-corrected chi connectivity index (χ2v) is 6.14. The number of hydrogen-bond acceptors (Lipinski definition) is 2. The molecule has 0 bridgehead atoms. The van der Waals surface area contributed by atoms with E-state index in [4.69, 9.17) is 11.6 Å². The SMILES string of the molecule is CNCc1ccc(Br)cc1N(C)Cc1ccc(Cl)cc1. The van der Waals surface area contributed by atoms with Gasteiger partial charge in [0.25, 0.3) is 0 Å². The van der Waals surface area contributed by atoms with E-state index in [0.717, 1.165) is 22.6 Å². The van der Waals surface area contributed by atoms with Crippen LogP contribution in [0.25, 0.3) is 0 Å². The van der Waals surface area contributed by atoms with E-state index in [2.05, 4.69) is 63.5 Å². The molecule has 1 N–H and O–H groups in total. The van der Waals surface area contributed by atoms with Crippen molar-refractivity contribution in [2.24, 2.45) is 0 Å². The van der Waals surface area contributed by atoms with E-state index >= 15 is 0 Å². The largest absolute Gasteiger partial charge is 0.370 e. The normalized spacial score (nSPS) is 10.6. The minimum atomic E-state index is 0.773. The lowest BCUT2D eigenvalue weighted by atomic mass is 10.1. The number of halogens is 2. The van der Waals surface area contributed by atoms with Crippen LogP contribution in [-0.2, 0) is 13.1 Å². The van der Waals surface area contributed by atoms with Gasteiger partial charge in [-0.1, -0.05) is 45.7 Å². The summed E-state index contributed by atoms with van der Waals surface area (Å²) < 4.78 is 1.09. The lowest BCUT2D eigenvalue weighted by Gasteiger charge is -2.23. The minimum Gasteiger partial charge on any atom is -0.370 e. The molecule has 0 aromatic heterocycles. The van der Waals surface area contributed by atoms with Crippen LogP contribution in [0.1, 0.15) is 11.1 Å². The molecule has 0 heterocycles. The predicted molar refractivity (Wildman–Crippen MR) is 90.5 cm³/mol. The average Bonchev–Trinajstić information content (AvgIpc) is 2.43. The van der Waals surface area contributed by atoms with Crippen LogP contribution in [0.15, 0.2) is 46.9 Å². The van der Waals surface area contributed by atoms with Crippen molar-refractivity contribution in [3.63, 3.8) is 0 Å². The molecule has 2 aromatic rings. The van der Waals surface area contributed by atoms with E-state index in [1.807, 2.05) is 19.2 Å². The maximum absolute atomic E-state index is 5.92. The van der Waals surface area contributed by atoms with E-state index in [0.29, 0.717) is 0 Å². The van der Waals surface area contributed by atoms with Gasteiger partial charge in [0.15, 0.2) is 0 Å². The maximum atomic E-state index is 5.92. The Kier molecular flexibility index (Phi) is 5.46. The number of hydrogen-bond donors (Lipinski definition) is 1. The molecule has 20 heavy (non-hydrogen) atoms. The van der Waals surface area contributed by atoms with Gasteiger partial charge in [0.1, 0.15) is 0 Å². The molecule has 4 heteroatoms. The highest BCUT2D eigenvalue weighted by atomic mass is 79.9. The topological polar surface area (TPSA) is 15.3 Å². The standard InChI is InChI=1S/C16H18BrClN2/c1-19-10-13-5-6-14(17)9-16(13)20(2)11-12-3-7-15(18)8-4-12/h3-9,19H,10-11H2,1-2H3. The van der Waals surface area contributed by atoms with Crippen molar-refractivity contribution in [3.8, 4) is 0 Å². The molecule has 2 aromatic carbocycles. The summed E-state index contributed by atoms with van der Waals surface area (Å²) in [6.45, 7) is 1.71. The summed E-state index contributed by atoms with van der Waals surface area (Å²) in [6.07, 6.45) is 0. The Balaban J connectivity index is 2.21. The highest BCUT2D eigenvalue weighted by molar-refractivity contribution is 9.10. The number of rotatable bonds is 5. The third-order valence-electron chi connectivity index (χ3n) is 3.16. The molecular weight excluding hydrogens is 336 g/mol. The Labute approximate surface area is 133 Å². The van der Waals surface area contributed by atoms with Crippen molar-refractivity contribution in [2.45, 2.75) is 13.1 Å². The highest BCUT2D eigenvalue weighted by Gasteiger charge is 2.08. The van der Waals surface area contributed by atoms with E-state index in [-0.39, 0.29) is 0 Å². The van der Waals surface area contributed by atoms with Gasteiger partial charge in [-0.25, -0.2) is 0 Å². The smallest absolute Gasteiger partial charge is 0.0426 e. The summed E-state index contributed by atoms with van der Waals surface area (Å²) in [5, 5.41) is 3.98. The zero-order valence-corrected chi connectivity index (χ0v) is 14.0. The predicted octanol–water partition coefficient (Wildman–Crippen LogP) is 4.46. The van der Waals surface area contributed by atoms with Gasteiger partial charge >= 0.3 is 0 Å². The van der Waals surface area contributed by atoms with Gasteiger partial charge in [0, 0.05) is 35.3 Å². The van der Waals surface area contributed by atoms with Crippen LogP contribution >= 0.6 is 27.5 Å². The van der Waals surface area contributed by atoms with Crippen LogP contribution in [0.3, 0.4) is 0 Å². The van der Waals surface area contributed by atoms with E-state index in [1.54, 1.807) is 0 Å². The summed E-state index contributed by atoms with van der Waals surface area (Å²) in [4.78, 5) is 2.25. The summed E-state index contributed by atoms with van der Waals surface area (Å²) in [7, 11) is 4.07. The number of anilines is 1. The Morgan fingerprint density at radius 2 is 1.85 bits per heavy atom. The molecular formula is C16H18BrClN2. The summed E-state index contributed by atoms with van der Waals surface area (Å²) in [5.41, 5.74) is 3.75. The molecule has 0 radical (unpaired) electrons. The average molecular weight is 354 g/mol. The van der Waals surface area contributed by atoms with Gasteiger partial charge in [-0.15, -0.1) is 0 Å². The number of benzene rings is 2. The summed E-state index contributed by atoms with van der Waals surface area (Å²) in [6, 6.07) is 14.4. The van der Waals surface area contributed by atoms with E-state index in [1.165, 1.54) is 16.8 Å². The summed E-state index contributed by atoms with van der Waals surface area (Å²) in [5.74, 6) is 0. The molecule has 0 fully saturated rings. The van der Waals surface area contributed by atoms with Gasteiger partial charge in [-0.2, -0.15) is 0 Å². The minimum absolute atomic E-state index is 0.773. The molecule has 2 rings (SSSR count). The van der Waals surface area contributed by atoms with Crippen molar-refractivity contribution in [1.29, 1.82) is 0 Å². The molecule has 0 aliphatic rings. The first-order valence-electron chi connectivity index (χ1n) is 6.49. The van der Waals surface area contributed by atoms with Crippen LogP contribution in [0.4, 0.5) is 5.69 Å². The van der Waals surface area contributed by atoms with Crippen LogP contribution in [0.5, 0.6) is 0 Å². The zero-order valence-electron chi connectivity index (χ0n) is 11.7. The first-order chi connectivity index (χ1) is 9.60. The van der Waals surface area contributed by atoms with Gasteiger partial charge in [0.05, 0.1) is 0 Å². The van der Waals surface area contributed by atoms with Gasteiger partial charge in [-0.05, 0) is 42.4 Å². The lowest BCUT2D eigenvalue weighted by molar-refractivity contribution is 0.805. The molecule has 0 amide bonds. The van der Waals surface area contributed by atoms with E-state index in [9.17, 15) is 0 Å². The Hall–Kier alpha value is -1.03. The Morgan fingerprint density at radius 1 is 1.15 bits per heavy atom. The first kappa shape index (κ1) is 15.4. The Morgan fingerprint density at radius 3 is 2.50 bits per heavy atom. The van der Waals surface area contributed by atoms with Crippen LogP contribution in [0.2, 0.25) is 5.02 Å². The van der Waals surface area contributed by atoms with Gasteiger partial charge in [0.2, 0.25) is 0 Å². The number of nitrogens with zero attached hydrogens (tertiary/aromatic N) is 1. The molecule has 2 nitrogen and oxygen atoms in total. The third kappa shape index (κ3) is 3.98. The second-order valence-electron chi connectivity index (χ2n) is 4.79. The van der Waals surface area contributed by atoms with Gasteiger partial charge in [-0.3, -0.25) is 0 Å². The molecule has 106 valence electrons. The lowest BCUT2D eigenvalue weighted by Crippen LogP contribution is -2.19. The van der Waals surface area contributed by atoms with Crippen LogP contribution in [-0.4, -0.2) is 14.1 Å². The van der Waals surface area contributed by atoms with Crippen molar-refractivity contribution < 1.29 is 0 Å². The molecule has 0 unspecified atom stereocenters. The molecule has 0 saturated heterocycles.